The van der Waals surface area contributed by atoms with Crippen LogP contribution in [0.25, 0.3) is 11.4 Å². The van der Waals surface area contributed by atoms with Gasteiger partial charge >= 0.3 is 11.9 Å². The van der Waals surface area contributed by atoms with E-state index in [1.807, 2.05) is 24.3 Å². The molecule has 1 saturated carbocycles. The molecule has 4 rings (SSSR count). The third-order valence-corrected chi connectivity index (χ3v) is 5.59. The van der Waals surface area contributed by atoms with E-state index in [4.69, 9.17) is 35.9 Å². The number of benzene rings is 1. The second-order valence-corrected chi connectivity index (χ2v) is 8.31. The monoisotopic (exact) mass is 464 g/mol. The van der Waals surface area contributed by atoms with Crippen LogP contribution in [-0.4, -0.2) is 68.8 Å². The zero-order valence-electron chi connectivity index (χ0n) is 17.4. The van der Waals surface area contributed by atoms with E-state index < -0.39 is 11.9 Å². The van der Waals surface area contributed by atoms with Gasteiger partial charge in [-0.2, -0.15) is 4.98 Å². The summed E-state index contributed by atoms with van der Waals surface area (Å²) in [5.74, 6) is -2.15. The molecule has 2 aromatic rings. The van der Waals surface area contributed by atoms with Gasteiger partial charge in [0.1, 0.15) is 0 Å². The number of carboxylic acid groups (broad SMARTS) is 2. The molecule has 1 aliphatic carbocycles. The van der Waals surface area contributed by atoms with Crippen LogP contribution in [0.2, 0.25) is 5.02 Å². The normalized spacial score (nSPS) is 17.0. The maximum absolute atomic E-state index is 12.2. The highest BCUT2D eigenvalue weighted by molar-refractivity contribution is 6.30. The average Bonchev–Trinajstić information content (AvgIpc) is 3.21. The van der Waals surface area contributed by atoms with Crippen molar-refractivity contribution >= 4 is 29.4 Å². The minimum atomic E-state index is -1.82. The van der Waals surface area contributed by atoms with E-state index in [1.165, 1.54) is 19.3 Å². The molecule has 1 saturated heterocycles. The van der Waals surface area contributed by atoms with Crippen LogP contribution in [0.4, 0.5) is 0 Å². The Morgan fingerprint density at radius 3 is 2.44 bits per heavy atom. The second kappa shape index (κ2) is 11.1. The van der Waals surface area contributed by atoms with Crippen molar-refractivity contribution in [3.8, 4) is 11.4 Å². The van der Waals surface area contributed by atoms with E-state index in [2.05, 4.69) is 20.4 Å². The number of likely N-dealkylation sites (tertiary alicyclic amines) is 1. The summed E-state index contributed by atoms with van der Waals surface area (Å²) in [6.45, 7) is 1.99. The zero-order chi connectivity index (χ0) is 23.1. The first kappa shape index (κ1) is 23.7. The molecular weight excluding hydrogens is 440 g/mol. The van der Waals surface area contributed by atoms with Gasteiger partial charge in [-0.3, -0.25) is 9.69 Å². The van der Waals surface area contributed by atoms with Crippen molar-refractivity contribution in [2.45, 2.75) is 44.1 Å². The van der Waals surface area contributed by atoms with Crippen molar-refractivity contribution in [1.29, 1.82) is 0 Å². The lowest BCUT2D eigenvalue weighted by Crippen LogP contribution is -2.51. The van der Waals surface area contributed by atoms with E-state index in [0.29, 0.717) is 29.3 Å². The lowest BCUT2D eigenvalue weighted by Gasteiger charge is -2.36. The largest absolute Gasteiger partial charge is 0.473 e. The van der Waals surface area contributed by atoms with Crippen LogP contribution in [0.5, 0.6) is 0 Å². The number of hydrogen-bond acceptors (Lipinski definition) is 7. The molecular formula is C21H25ClN4O6. The number of aliphatic carboxylic acids is 2. The summed E-state index contributed by atoms with van der Waals surface area (Å²) in [4.78, 5) is 37.0. The number of rotatable bonds is 5. The third-order valence-electron chi connectivity index (χ3n) is 5.35. The van der Waals surface area contributed by atoms with Crippen LogP contribution in [0, 0.1) is 0 Å². The summed E-state index contributed by atoms with van der Waals surface area (Å²) in [5.41, 5.74) is 0.843. The van der Waals surface area contributed by atoms with E-state index in [-0.39, 0.29) is 11.8 Å². The molecule has 0 bridgehead atoms. The maximum Gasteiger partial charge on any atom is 0.414 e. The van der Waals surface area contributed by atoms with Gasteiger partial charge in [-0.1, -0.05) is 48.2 Å². The molecule has 10 nitrogen and oxygen atoms in total. The third kappa shape index (κ3) is 6.76. The van der Waals surface area contributed by atoms with Crippen molar-refractivity contribution in [3.05, 3.63) is 35.2 Å². The summed E-state index contributed by atoms with van der Waals surface area (Å²) in [5, 5.41) is 22.6. The predicted molar refractivity (Wildman–Crippen MR) is 114 cm³/mol. The Hall–Kier alpha value is -2.98. The lowest BCUT2D eigenvalue weighted by molar-refractivity contribution is -0.159. The number of amides is 1. The number of carboxylic acids is 2. The molecule has 0 atom stereocenters. The van der Waals surface area contributed by atoms with Gasteiger partial charge in [0.2, 0.25) is 17.6 Å². The predicted octanol–water partition coefficient (Wildman–Crippen LogP) is 2.39. The summed E-state index contributed by atoms with van der Waals surface area (Å²) in [6, 6.07) is 7.77. The maximum atomic E-state index is 12.2. The minimum Gasteiger partial charge on any atom is -0.473 e. The molecule has 0 unspecified atom stereocenters. The number of carbonyl (C=O) groups excluding carboxylic acids is 1. The van der Waals surface area contributed by atoms with Crippen LogP contribution in [0.15, 0.2) is 28.8 Å². The molecule has 1 aliphatic heterocycles. The van der Waals surface area contributed by atoms with Crippen LogP contribution in [0.1, 0.15) is 43.9 Å². The van der Waals surface area contributed by atoms with Crippen molar-refractivity contribution < 1.29 is 29.1 Å². The quantitative estimate of drug-likeness (QED) is 0.567. The smallest absolute Gasteiger partial charge is 0.414 e. The van der Waals surface area contributed by atoms with Gasteiger partial charge in [0.25, 0.3) is 0 Å². The molecule has 1 aromatic carbocycles. The summed E-state index contributed by atoms with van der Waals surface area (Å²) in [7, 11) is 0. The molecule has 2 heterocycles. The highest BCUT2D eigenvalue weighted by Crippen LogP contribution is 2.28. The standard InChI is InChI=1S/C19H23ClN4O2.C2H2O4/c20-15-6-4-5-13(9-15)18-22-19(26-23-18)14-10-24(11-14)12-17(25)21-16-7-2-1-3-8-16;3-1(4)2(5)6/h4-6,9,14,16H,1-3,7-8,10-12H2,(H,21,25);(H,3,4)(H,5,6). The van der Waals surface area contributed by atoms with Crippen LogP contribution < -0.4 is 5.32 Å². The summed E-state index contributed by atoms with van der Waals surface area (Å²) < 4.78 is 5.41. The van der Waals surface area contributed by atoms with E-state index >= 15 is 0 Å². The topological polar surface area (TPSA) is 146 Å². The Morgan fingerprint density at radius 1 is 1.12 bits per heavy atom. The molecule has 3 N–H and O–H groups in total. The van der Waals surface area contributed by atoms with E-state index in [1.54, 1.807) is 0 Å². The first-order chi connectivity index (χ1) is 15.3. The van der Waals surface area contributed by atoms with Crippen molar-refractivity contribution in [2.24, 2.45) is 0 Å². The highest BCUT2D eigenvalue weighted by atomic mass is 35.5. The van der Waals surface area contributed by atoms with Crippen LogP contribution in [-0.2, 0) is 14.4 Å². The van der Waals surface area contributed by atoms with Crippen LogP contribution >= 0.6 is 11.6 Å². The second-order valence-electron chi connectivity index (χ2n) is 7.87. The van der Waals surface area contributed by atoms with E-state index in [0.717, 1.165) is 31.5 Å². The SMILES string of the molecule is O=C(CN1CC(c2nc(-c3cccc(Cl)c3)no2)C1)NC1CCCCC1.O=C(O)C(=O)O. The van der Waals surface area contributed by atoms with Crippen molar-refractivity contribution in [1.82, 2.24) is 20.4 Å². The van der Waals surface area contributed by atoms with E-state index in [9.17, 15) is 4.79 Å². The Kier molecular flexibility index (Phi) is 8.18. The minimum absolute atomic E-state index is 0.125. The number of aromatic nitrogens is 2. The molecule has 2 fully saturated rings. The number of halogens is 1. The highest BCUT2D eigenvalue weighted by Gasteiger charge is 2.34. The van der Waals surface area contributed by atoms with Gasteiger partial charge in [-0.15, -0.1) is 0 Å². The number of nitrogens with one attached hydrogen (secondary N) is 1. The van der Waals surface area contributed by atoms with Crippen molar-refractivity contribution in [3.63, 3.8) is 0 Å². The number of hydrogen-bond donors (Lipinski definition) is 3. The Bertz CT molecular complexity index is 941. The number of carbonyl (C=O) groups is 3. The van der Waals surface area contributed by atoms with Gasteiger partial charge < -0.3 is 20.1 Å². The molecule has 1 aromatic heterocycles. The summed E-state index contributed by atoms with van der Waals surface area (Å²) in [6.07, 6.45) is 5.97. The zero-order valence-corrected chi connectivity index (χ0v) is 18.1. The molecule has 11 heteroatoms. The van der Waals surface area contributed by atoms with Gasteiger partial charge in [0.05, 0.1) is 12.5 Å². The molecule has 0 spiro atoms. The van der Waals surface area contributed by atoms with Gasteiger partial charge in [-0.25, -0.2) is 9.59 Å². The molecule has 1 amide bonds. The molecule has 2 aliphatic rings. The fourth-order valence-corrected chi connectivity index (χ4v) is 3.91. The van der Waals surface area contributed by atoms with Gasteiger partial charge in [0.15, 0.2) is 0 Å². The van der Waals surface area contributed by atoms with Crippen LogP contribution in [0.3, 0.4) is 0 Å². The fraction of sp³-hybridized carbons (Fsp3) is 0.476. The summed E-state index contributed by atoms with van der Waals surface area (Å²) >= 11 is 6.01. The van der Waals surface area contributed by atoms with Crippen molar-refractivity contribution in [2.75, 3.05) is 19.6 Å². The molecule has 32 heavy (non-hydrogen) atoms. The Labute approximate surface area is 189 Å². The molecule has 0 radical (unpaired) electrons. The Balaban J connectivity index is 0.000000427. The average molecular weight is 465 g/mol. The lowest BCUT2D eigenvalue weighted by atomic mass is 9.95. The first-order valence-electron chi connectivity index (χ1n) is 10.4. The molecule has 172 valence electrons. The van der Waals surface area contributed by atoms with Gasteiger partial charge in [-0.05, 0) is 25.0 Å². The van der Waals surface area contributed by atoms with Gasteiger partial charge in [0, 0.05) is 29.7 Å². The Morgan fingerprint density at radius 2 is 1.81 bits per heavy atom. The fourth-order valence-electron chi connectivity index (χ4n) is 3.72. The number of nitrogens with zero attached hydrogens (tertiary/aromatic N) is 3. The first-order valence-corrected chi connectivity index (χ1v) is 10.8.